The molecule has 0 aliphatic carbocycles. The van der Waals surface area contributed by atoms with Crippen LogP contribution in [-0.4, -0.2) is 49.6 Å². The smallest absolute Gasteiger partial charge is 0.408 e. The Morgan fingerprint density at radius 3 is 2.30 bits per heavy atom. The van der Waals surface area contributed by atoms with Gasteiger partial charge in [0.1, 0.15) is 12.4 Å². The van der Waals surface area contributed by atoms with Gasteiger partial charge >= 0.3 is 12.1 Å². The summed E-state index contributed by atoms with van der Waals surface area (Å²) < 4.78 is 51.0. The molecule has 14 heteroatoms. The zero-order valence-electron chi connectivity index (χ0n) is 25.1. The fourth-order valence-electron chi connectivity index (χ4n) is 4.70. The molecule has 1 N–H and O–H groups in total. The van der Waals surface area contributed by atoms with Crippen molar-refractivity contribution in [3.8, 4) is 16.9 Å². The van der Waals surface area contributed by atoms with Crippen LogP contribution in [0.4, 0.5) is 9.18 Å². The second-order valence-electron chi connectivity index (χ2n) is 10.3. The highest BCUT2D eigenvalue weighted by molar-refractivity contribution is 7.90. The number of nitrogens with zero attached hydrogens (tertiary/aromatic N) is 2. The first kappa shape index (κ1) is 33.6. The molecule has 1 aromatic heterocycles. The van der Waals surface area contributed by atoms with Crippen LogP contribution in [0.25, 0.3) is 16.9 Å². The fourth-order valence-corrected chi connectivity index (χ4v) is 5.33. The lowest BCUT2D eigenvalue weighted by atomic mass is 10.1. The summed E-state index contributed by atoms with van der Waals surface area (Å²) in [5.74, 6) is -1.34. The Balaban J connectivity index is 1.70. The van der Waals surface area contributed by atoms with Gasteiger partial charge in [0.25, 0.3) is 5.09 Å². The predicted molar refractivity (Wildman–Crippen MR) is 165 cm³/mol. The van der Waals surface area contributed by atoms with E-state index in [0.717, 1.165) is 11.8 Å². The van der Waals surface area contributed by atoms with Crippen molar-refractivity contribution in [3.63, 3.8) is 0 Å². The molecule has 1 atom stereocenters. The van der Waals surface area contributed by atoms with Crippen molar-refractivity contribution in [2.24, 2.45) is 0 Å². The van der Waals surface area contributed by atoms with Crippen molar-refractivity contribution in [1.82, 2.24) is 9.88 Å². The largest absolute Gasteiger partial charge is 0.464 e. The minimum atomic E-state index is -3.48. The highest BCUT2D eigenvalue weighted by Gasteiger charge is 2.30. The first-order valence-corrected chi connectivity index (χ1v) is 16.0. The third-order valence-corrected chi connectivity index (χ3v) is 8.06. The summed E-state index contributed by atoms with van der Waals surface area (Å²) in [5, 5.41) is 12.0. The predicted octanol–water partition coefficient (Wildman–Crippen LogP) is 5.49. The fraction of sp³-hybridized carbons (Fsp3) is 0.250. The van der Waals surface area contributed by atoms with Gasteiger partial charge in [0.2, 0.25) is 0 Å². The molecule has 1 unspecified atom stereocenters. The highest BCUT2D eigenvalue weighted by atomic mass is 32.2. The number of sulfone groups is 1. The van der Waals surface area contributed by atoms with E-state index in [1.165, 1.54) is 30.3 Å². The minimum absolute atomic E-state index is 0.0634. The number of esters is 1. The van der Waals surface area contributed by atoms with E-state index < -0.39 is 38.8 Å². The van der Waals surface area contributed by atoms with E-state index in [0.29, 0.717) is 28.2 Å². The first-order valence-electron chi connectivity index (χ1n) is 14.1. The second-order valence-corrected chi connectivity index (χ2v) is 12.3. The molecular weight excluding hydrogens is 621 g/mol. The SMILES string of the molecule is Cc1c(C(NC(=O)OCc2ccccc2)C(=O)OCCCCO[N+](=O)[O-])cc(-c2ccc(S(C)(=O)=O)cc2)n1-c1cccc(F)c1. The Morgan fingerprint density at radius 2 is 1.65 bits per heavy atom. The van der Waals surface area contributed by atoms with E-state index in [1.807, 2.05) is 6.07 Å². The lowest BCUT2D eigenvalue weighted by Gasteiger charge is -2.19. The van der Waals surface area contributed by atoms with Gasteiger partial charge in [0.05, 0.1) is 23.8 Å². The molecule has 0 spiro atoms. The van der Waals surface area contributed by atoms with Crippen LogP contribution in [0, 0.1) is 22.9 Å². The molecule has 4 rings (SSSR count). The number of amides is 1. The van der Waals surface area contributed by atoms with Crippen LogP contribution in [0.3, 0.4) is 0 Å². The van der Waals surface area contributed by atoms with Crippen LogP contribution in [0.1, 0.15) is 35.7 Å². The normalized spacial score (nSPS) is 11.8. The van der Waals surface area contributed by atoms with E-state index in [1.54, 1.807) is 60.0 Å². The van der Waals surface area contributed by atoms with Gasteiger partial charge in [-0.15, -0.1) is 10.1 Å². The number of hydrogen-bond donors (Lipinski definition) is 1. The zero-order chi connectivity index (χ0) is 33.3. The molecule has 0 bridgehead atoms. The molecule has 242 valence electrons. The number of carbonyl (C=O) groups is 2. The number of benzene rings is 3. The van der Waals surface area contributed by atoms with E-state index in [-0.39, 0.29) is 37.6 Å². The Kier molecular flexibility index (Phi) is 11.1. The van der Waals surface area contributed by atoms with E-state index in [9.17, 15) is 32.5 Å². The molecule has 0 fully saturated rings. The summed E-state index contributed by atoms with van der Waals surface area (Å²) in [6, 6.07) is 21.0. The topological polar surface area (TPSA) is 156 Å². The van der Waals surface area contributed by atoms with Crippen LogP contribution in [-0.2, 0) is 35.5 Å². The molecule has 12 nitrogen and oxygen atoms in total. The molecule has 4 aromatic rings. The lowest BCUT2D eigenvalue weighted by Crippen LogP contribution is -2.35. The number of ether oxygens (including phenoxy) is 2. The number of aromatic nitrogens is 1. The number of alkyl carbamates (subject to hydrolysis) is 1. The Bertz CT molecular complexity index is 1790. The number of unbranched alkanes of at least 4 members (excludes halogenated alkanes) is 1. The average Bonchev–Trinajstić information content (AvgIpc) is 3.36. The number of halogens is 1. The Labute approximate surface area is 264 Å². The summed E-state index contributed by atoms with van der Waals surface area (Å²) in [6.45, 7) is 1.34. The zero-order valence-corrected chi connectivity index (χ0v) is 25.9. The summed E-state index contributed by atoms with van der Waals surface area (Å²) >= 11 is 0. The average molecular weight is 654 g/mol. The first-order chi connectivity index (χ1) is 21.9. The van der Waals surface area contributed by atoms with Crippen molar-refractivity contribution in [2.45, 2.75) is 37.3 Å². The van der Waals surface area contributed by atoms with Gasteiger partial charge in [-0.2, -0.15) is 0 Å². The van der Waals surface area contributed by atoms with Gasteiger partial charge < -0.3 is 24.2 Å². The van der Waals surface area contributed by atoms with Crippen LogP contribution < -0.4 is 5.32 Å². The number of hydrogen-bond acceptors (Lipinski definition) is 9. The lowest BCUT2D eigenvalue weighted by molar-refractivity contribution is -0.757. The quantitative estimate of drug-likeness (QED) is 0.0804. The van der Waals surface area contributed by atoms with Crippen LogP contribution in [0.2, 0.25) is 0 Å². The third kappa shape index (κ3) is 8.91. The Hall–Kier alpha value is -5.24. The molecule has 0 saturated carbocycles. The minimum Gasteiger partial charge on any atom is -0.464 e. The monoisotopic (exact) mass is 653 g/mol. The summed E-state index contributed by atoms with van der Waals surface area (Å²) in [7, 11) is -3.48. The highest BCUT2D eigenvalue weighted by Crippen LogP contribution is 2.34. The standard InChI is InChI=1S/C32H32FN3O9S/c1-22-28(20-29(35(22)26-12-8-11-25(33)19-26)24-13-15-27(16-14-24)46(2,41)42)30(31(37)43-17-6-7-18-45-36(39)40)34-32(38)44-21-23-9-4-3-5-10-23/h3-5,8-16,19-20,30H,6-7,17-18,21H2,1-2H3,(H,34,38). The van der Waals surface area contributed by atoms with Crippen molar-refractivity contribution in [3.05, 3.63) is 118 Å². The van der Waals surface area contributed by atoms with Crippen LogP contribution >= 0.6 is 0 Å². The maximum absolute atomic E-state index is 14.4. The van der Waals surface area contributed by atoms with Gasteiger partial charge in [0.15, 0.2) is 15.9 Å². The summed E-state index contributed by atoms with van der Waals surface area (Å²) in [4.78, 5) is 41.2. The maximum atomic E-state index is 14.4. The molecular formula is C32H32FN3O9S. The van der Waals surface area contributed by atoms with Gasteiger partial charge in [-0.1, -0.05) is 48.5 Å². The third-order valence-electron chi connectivity index (χ3n) is 6.93. The van der Waals surface area contributed by atoms with Crippen molar-refractivity contribution >= 4 is 21.9 Å². The molecule has 1 amide bonds. The van der Waals surface area contributed by atoms with Crippen molar-refractivity contribution < 1.29 is 41.8 Å². The van der Waals surface area contributed by atoms with E-state index in [4.69, 9.17) is 9.47 Å². The van der Waals surface area contributed by atoms with E-state index in [2.05, 4.69) is 10.2 Å². The number of carbonyl (C=O) groups excluding carboxylic acids is 2. The molecule has 0 aliphatic rings. The maximum Gasteiger partial charge on any atom is 0.408 e. The van der Waals surface area contributed by atoms with Gasteiger partial charge in [0, 0.05) is 23.2 Å². The van der Waals surface area contributed by atoms with Crippen LogP contribution in [0.5, 0.6) is 0 Å². The second kappa shape index (κ2) is 15.2. The summed E-state index contributed by atoms with van der Waals surface area (Å²) in [6.07, 6.45) is 0.690. The van der Waals surface area contributed by atoms with Gasteiger partial charge in [-0.25, -0.2) is 22.4 Å². The van der Waals surface area contributed by atoms with Gasteiger partial charge in [-0.05, 0) is 67.3 Å². The van der Waals surface area contributed by atoms with Crippen LogP contribution in [0.15, 0.2) is 89.8 Å². The molecule has 3 aromatic carbocycles. The van der Waals surface area contributed by atoms with E-state index >= 15 is 0 Å². The molecule has 0 aliphatic heterocycles. The molecule has 0 radical (unpaired) electrons. The molecule has 46 heavy (non-hydrogen) atoms. The number of nitrogens with one attached hydrogen (secondary N) is 1. The molecule has 0 saturated heterocycles. The summed E-state index contributed by atoms with van der Waals surface area (Å²) in [5.41, 5.74) is 2.93. The van der Waals surface area contributed by atoms with Crippen molar-refractivity contribution in [2.75, 3.05) is 19.5 Å². The molecule has 1 heterocycles. The Morgan fingerprint density at radius 1 is 0.957 bits per heavy atom. The van der Waals surface area contributed by atoms with Gasteiger partial charge in [-0.3, -0.25) is 0 Å². The van der Waals surface area contributed by atoms with Crippen molar-refractivity contribution in [1.29, 1.82) is 0 Å². The number of rotatable bonds is 14.